The summed E-state index contributed by atoms with van der Waals surface area (Å²) < 4.78 is 29.6. The minimum absolute atomic E-state index is 0.0577. The molecule has 0 aliphatic rings. The third kappa shape index (κ3) is 4.53. The summed E-state index contributed by atoms with van der Waals surface area (Å²) >= 11 is 8.67. The van der Waals surface area contributed by atoms with Gasteiger partial charge in [0, 0.05) is 10.4 Å². The first-order valence-electron chi connectivity index (χ1n) is 4.47. The Balaban J connectivity index is 2.75. The summed E-state index contributed by atoms with van der Waals surface area (Å²) in [5.41, 5.74) is 0. The van der Waals surface area contributed by atoms with Crippen molar-refractivity contribution in [1.82, 2.24) is 4.72 Å². The highest BCUT2D eigenvalue weighted by atomic mass is 79.9. The zero-order valence-corrected chi connectivity index (χ0v) is 11.7. The number of ether oxygens (including phenoxy) is 1. The van der Waals surface area contributed by atoms with Crippen molar-refractivity contribution in [3.8, 4) is 0 Å². The first-order chi connectivity index (χ1) is 7.95. The molecule has 0 unspecified atom stereocenters. The number of benzene rings is 1. The van der Waals surface area contributed by atoms with E-state index in [1.807, 2.05) is 0 Å². The van der Waals surface area contributed by atoms with Crippen LogP contribution in [0.5, 0.6) is 0 Å². The maximum atomic E-state index is 11.7. The molecule has 0 aliphatic carbocycles. The summed E-state index contributed by atoms with van der Waals surface area (Å²) in [4.78, 5) is 11.0. The van der Waals surface area contributed by atoms with Crippen LogP contribution in [-0.4, -0.2) is 26.4 Å². The molecule has 1 rings (SSSR count). The van der Waals surface area contributed by atoms with Gasteiger partial charge >= 0.3 is 6.09 Å². The molecule has 0 fully saturated rings. The van der Waals surface area contributed by atoms with Crippen LogP contribution in [0.3, 0.4) is 0 Å². The molecule has 0 radical (unpaired) electrons. The molecule has 0 aromatic heterocycles. The van der Waals surface area contributed by atoms with Crippen LogP contribution in [0.15, 0.2) is 29.2 Å². The Hall–Kier alpha value is -0.790. The number of carbonyl (C=O) groups excluding carboxylic acids is 1. The second kappa shape index (κ2) is 6.23. The van der Waals surface area contributed by atoms with Gasteiger partial charge in [-0.2, -0.15) is 0 Å². The molecule has 0 saturated carbocycles. The maximum absolute atomic E-state index is 11.7. The van der Waals surface area contributed by atoms with Crippen LogP contribution >= 0.6 is 27.5 Å². The largest absolute Gasteiger partial charge is 0.448 e. The predicted molar refractivity (Wildman–Crippen MR) is 66.9 cm³/mol. The average Bonchev–Trinajstić information content (AvgIpc) is 2.26. The Kier molecular flexibility index (Phi) is 5.23. The van der Waals surface area contributed by atoms with E-state index in [-0.39, 0.29) is 11.5 Å². The summed E-state index contributed by atoms with van der Waals surface area (Å²) in [6.07, 6.45) is -1.01. The second-order valence-electron chi connectivity index (χ2n) is 2.88. The zero-order chi connectivity index (χ0) is 12.9. The lowest BCUT2D eigenvalue weighted by Gasteiger charge is -2.06. The molecule has 0 bridgehead atoms. The van der Waals surface area contributed by atoms with Crippen molar-refractivity contribution in [3.63, 3.8) is 0 Å². The van der Waals surface area contributed by atoms with Crippen LogP contribution in [0.2, 0.25) is 5.02 Å². The number of amides is 1. The Morgan fingerprint density at radius 2 is 1.94 bits per heavy atom. The lowest BCUT2D eigenvalue weighted by molar-refractivity contribution is 0.160. The Bertz CT molecular complexity index is 488. The molecule has 1 aromatic rings. The first kappa shape index (κ1) is 14.3. The number of sulfonamides is 1. The quantitative estimate of drug-likeness (QED) is 0.851. The van der Waals surface area contributed by atoms with Gasteiger partial charge < -0.3 is 4.74 Å². The highest BCUT2D eigenvalue weighted by Crippen LogP contribution is 2.13. The molecular weight excluding hydrogens is 334 g/mol. The zero-order valence-electron chi connectivity index (χ0n) is 8.52. The second-order valence-corrected chi connectivity index (χ2v) is 5.80. The van der Waals surface area contributed by atoms with Crippen LogP contribution in [0.1, 0.15) is 0 Å². The van der Waals surface area contributed by atoms with E-state index in [1.54, 1.807) is 4.72 Å². The normalized spacial score (nSPS) is 10.9. The third-order valence-corrected chi connectivity index (χ3v) is 3.56. The predicted octanol–water partition coefficient (Wildman–Crippen LogP) is 2.15. The third-order valence-electron chi connectivity index (χ3n) is 1.65. The number of carbonyl (C=O) groups is 1. The Morgan fingerprint density at radius 1 is 1.35 bits per heavy atom. The van der Waals surface area contributed by atoms with Crippen LogP contribution in [0.4, 0.5) is 4.79 Å². The van der Waals surface area contributed by atoms with Gasteiger partial charge in [-0.25, -0.2) is 17.9 Å². The van der Waals surface area contributed by atoms with Gasteiger partial charge in [-0.1, -0.05) is 27.5 Å². The van der Waals surface area contributed by atoms with Crippen LogP contribution in [-0.2, 0) is 14.8 Å². The number of nitrogens with one attached hydrogen (secondary N) is 1. The number of rotatable bonds is 4. The van der Waals surface area contributed by atoms with Gasteiger partial charge in [-0.3, -0.25) is 0 Å². The van der Waals surface area contributed by atoms with Crippen molar-refractivity contribution in [1.29, 1.82) is 0 Å². The van der Waals surface area contributed by atoms with E-state index in [2.05, 4.69) is 20.7 Å². The fourth-order valence-corrected chi connectivity index (χ4v) is 2.12. The molecule has 1 amide bonds. The summed E-state index contributed by atoms with van der Waals surface area (Å²) in [6.45, 7) is 0.0853. The highest BCUT2D eigenvalue weighted by Gasteiger charge is 2.17. The maximum Gasteiger partial charge on any atom is 0.421 e. The molecule has 94 valence electrons. The van der Waals surface area contributed by atoms with Crippen molar-refractivity contribution >= 4 is 43.6 Å². The number of hydrogen-bond acceptors (Lipinski definition) is 4. The summed E-state index contributed by atoms with van der Waals surface area (Å²) in [7, 11) is -3.91. The van der Waals surface area contributed by atoms with Gasteiger partial charge in [0.1, 0.15) is 6.61 Å². The molecule has 0 spiro atoms. The number of alkyl halides is 1. The van der Waals surface area contributed by atoms with Gasteiger partial charge in [0.15, 0.2) is 0 Å². The van der Waals surface area contributed by atoms with Crippen molar-refractivity contribution in [3.05, 3.63) is 29.3 Å². The topological polar surface area (TPSA) is 72.5 Å². The monoisotopic (exact) mass is 341 g/mol. The standard InChI is InChI=1S/C9H9BrClNO4S/c10-5-6-16-9(13)12-17(14,15)8-3-1-7(11)2-4-8/h1-4H,5-6H2,(H,12,13). The summed E-state index contributed by atoms with van der Waals surface area (Å²) in [5.74, 6) is 0. The van der Waals surface area contributed by atoms with Crippen molar-refractivity contribution in [2.75, 3.05) is 11.9 Å². The van der Waals surface area contributed by atoms with Gasteiger partial charge in [-0.15, -0.1) is 0 Å². The molecule has 17 heavy (non-hydrogen) atoms. The fourth-order valence-electron chi connectivity index (χ4n) is 0.943. The van der Waals surface area contributed by atoms with E-state index in [4.69, 9.17) is 11.6 Å². The molecule has 1 aromatic carbocycles. The van der Waals surface area contributed by atoms with E-state index in [1.165, 1.54) is 24.3 Å². The minimum Gasteiger partial charge on any atom is -0.448 e. The lowest BCUT2D eigenvalue weighted by atomic mass is 10.4. The summed E-state index contributed by atoms with van der Waals surface area (Å²) in [6, 6.07) is 5.42. The molecule has 0 aliphatic heterocycles. The molecule has 5 nitrogen and oxygen atoms in total. The van der Waals surface area contributed by atoms with E-state index >= 15 is 0 Å². The van der Waals surface area contributed by atoms with Crippen LogP contribution < -0.4 is 4.72 Å². The highest BCUT2D eigenvalue weighted by molar-refractivity contribution is 9.09. The molecule has 0 saturated heterocycles. The van der Waals surface area contributed by atoms with Crippen molar-refractivity contribution in [2.45, 2.75) is 4.90 Å². The van der Waals surface area contributed by atoms with Crippen molar-refractivity contribution in [2.24, 2.45) is 0 Å². The molecule has 0 atom stereocenters. The Labute approximate surface area is 112 Å². The van der Waals surface area contributed by atoms with Gasteiger partial charge in [0.05, 0.1) is 4.90 Å². The SMILES string of the molecule is O=C(NS(=O)(=O)c1ccc(Cl)cc1)OCCBr. The number of halogens is 2. The van der Waals surface area contributed by atoms with Crippen LogP contribution in [0.25, 0.3) is 0 Å². The Morgan fingerprint density at radius 3 is 2.47 bits per heavy atom. The van der Waals surface area contributed by atoms with E-state index in [0.29, 0.717) is 10.4 Å². The van der Waals surface area contributed by atoms with E-state index < -0.39 is 16.1 Å². The lowest BCUT2D eigenvalue weighted by Crippen LogP contribution is -2.31. The molecular formula is C9H9BrClNO4S. The molecule has 8 heteroatoms. The molecule has 0 heterocycles. The van der Waals surface area contributed by atoms with Gasteiger partial charge in [0.2, 0.25) is 0 Å². The van der Waals surface area contributed by atoms with Crippen LogP contribution in [0, 0.1) is 0 Å². The fraction of sp³-hybridized carbons (Fsp3) is 0.222. The van der Waals surface area contributed by atoms with Gasteiger partial charge in [-0.05, 0) is 24.3 Å². The smallest absolute Gasteiger partial charge is 0.421 e. The van der Waals surface area contributed by atoms with Gasteiger partial charge in [0.25, 0.3) is 10.0 Å². The van der Waals surface area contributed by atoms with E-state index in [9.17, 15) is 13.2 Å². The van der Waals surface area contributed by atoms with E-state index in [0.717, 1.165) is 0 Å². The molecule has 1 N–H and O–H groups in total. The average molecular weight is 343 g/mol. The first-order valence-corrected chi connectivity index (χ1v) is 7.45. The minimum atomic E-state index is -3.91. The van der Waals surface area contributed by atoms with Crippen molar-refractivity contribution < 1.29 is 17.9 Å². The summed E-state index contributed by atoms with van der Waals surface area (Å²) in [5, 5.41) is 0.840. The number of hydrogen-bond donors (Lipinski definition) is 1.